The van der Waals surface area contributed by atoms with Gasteiger partial charge in [0.1, 0.15) is 0 Å². The van der Waals surface area contributed by atoms with Crippen LogP contribution >= 0.6 is 0 Å². The summed E-state index contributed by atoms with van der Waals surface area (Å²) in [5.74, 6) is 0.807. The summed E-state index contributed by atoms with van der Waals surface area (Å²) in [4.78, 5) is 12.1. The SMILES string of the molecule is C=C1C(=O)CC2(C)CC1C1(C)CCCC21C. The molecule has 0 aromatic heterocycles. The molecular weight excluding hydrogens is 196 g/mol. The Morgan fingerprint density at radius 3 is 2.62 bits per heavy atom. The molecule has 0 heterocycles. The van der Waals surface area contributed by atoms with Crippen molar-refractivity contribution in [3.8, 4) is 0 Å². The highest BCUT2D eigenvalue weighted by Gasteiger charge is 2.69. The van der Waals surface area contributed by atoms with Crippen molar-refractivity contribution in [3.05, 3.63) is 12.2 Å². The molecule has 0 aromatic rings. The van der Waals surface area contributed by atoms with Gasteiger partial charge in [0.25, 0.3) is 0 Å². The van der Waals surface area contributed by atoms with Gasteiger partial charge in [-0.05, 0) is 47.0 Å². The summed E-state index contributed by atoms with van der Waals surface area (Å²) in [5.41, 5.74) is 1.87. The van der Waals surface area contributed by atoms with Crippen molar-refractivity contribution in [2.24, 2.45) is 22.2 Å². The summed E-state index contributed by atoms with van der Waals surface area (Å²) in [6.07, 6.45) is 5.87. The first-order valence-electron chi connectivity index (χ1n) is 6.56. The lowest BCUT2D eigenvalue weighted by Gasteiger charge is -2.45. The van der Waals surface area contributed by atoms with Gasteiger partial charge in [0.2, 0.25) is 0 Å². The van der Waals surface area contributed by atoms with E-state index in [1.807, 2.05) is 0 Å². The minimum absolute atomic E-state index is 0.237. The van der Waals surface area contributed by atoms with Gasteiger partial charge < -0.3 is 0 Å². The quantitative estimate of drug-likeness (QED) is 0.566. The third-order valence-corrected chi connectivity index (χ3v) is 6.72. The van der Waals surface area contributed by atoms with E-state index in [2.05, 4.69) is 27.4 Å². The Bertz CT molecular complexity index is 396. The molecule has 0 spiro atoms. The van der Waals surface area contributed by atoms with Gasteiger partial charge in [-0.25, -0.2) is 0 Å². The normalized spacial score (nSPS) is 55.6. The van der Waals surface area contributed by atoms with E-state index in [1.165, 1.54) is 25.7 Å². The van der Waals surface area contributed by atoms with Crippen molar-refractivity contribution in [1.29, 1.82) is 0 Å². The first kappa shape index (κ1) is 10.6. The van der Waals surface area contributed by atoms with Crippen LogP contribution in [0.2, 0.25) is 0 Å². The first-order valence-corrected chi connectivity index (χ1v) is 6.56. The van der Waals surface area contributed by atoms with Crippen LogP contribution in [0.4, 0.5) is 0 Å². The van der Waals surface area contributed by atoms with E-state index in [4.69, 9.17) is 0 Å². The summed E-state index contributed by atoms with van der Waals surface area (Å²) in [6, 6.07) is 0. The lowest BCUT2D eigenvalue weighted by Crippen LogP contribution is -2.39. The number of hydrogen-bond acceptors (Lipinski definition) is 1. The topological polar surface area (TPSA) is 17.1 Å². The van der Waals surface area contributed by atoms with Gasteiger partial charge in [0.05, 0.1) is 0 Å². The first-order chi connectivity index (χ1) is 7.34. The number of ketones is 1. The van der Waals surface area contributed by atoms with Crippen LogP contribution in [0, 0.1) is 22.2 Å². The molecule has 0 amide bonds. The van der Waals surface area contributed by atoms with Gasteiger partial charge >= 0.3 is 0 Å². The Kier molecular flexibility index (Phi) is 1.73. The Balaban J connectivity index is 2.19. The second kappa shape index (κ2) is 2.63. The standard InChI is InChI=1S/C15H22O/c1-10-11-8-13(2,9-12(10)16)15(4)7-5-6-14(11,15)3/h11H,1,5-9H2,2-4H3. The molecule has 1 nitrogen and oxygen atoms in total. The van der Waals surface area contributed by atoms with Gasteiger partial charge in [0.15, 0.2) is 5.78 Å². The maximum atomic E-state index is 12.1. The van der Waals surface area contributed by atoms with E-state index in [9.17, 15) is 4.79 Å². The highest BCUT2D eigenvalue weighted by atomic mass is 16.1. The van der Waals surface area contributed by atoms with Crippen LogP contribution < -0.4 is 0 Å². The summed E-state index contributed by atoms with van der Waals surface area (Å²) < 4.78 is 0. The third-order valence-electron chi connectivity index (χ3n) is 6.72. The monoisotopic (exact) mass is 218 g/mol. The molecule has 3 rings (SSSR count). The van der Waals surface area contributed by atoms with E-state index < -0.39 is 0 Å². The molecule has 3 fully saturated rings. The van der Waals surface area contributed by atoms with E-state index >= 15 is 0 Å². The van der Waals surface area contributed by atoms with Crippen molar-refractivity contribution in [1.82, 2.24) is 0 Å². The smallest absolute Gasteiger partial charge is 0.159 e. The summed E-state index contributed by atoms with van der Waals surface area (Å²) in [6.45, 7) is 11.3. The van der Waals surface area contributed by atoms with Gasteiger partial charge in [-0.1, -0.05) is 33.8 Å². The Morgan fingerprint density at radius 1 is 1.25 bits per heavy atom. The Labute approximate surface area is 98.3 Å². The lowest BCUT2D eigenvalue weighted by molar-refractivity contribution is -0.120. The van der Waals surface area contributed by atoms with E-state index in [-0.39, 0.29) is 5.41 Å². The zero-order valence-electron chi connectivity index (χ0n) is 10.7. The molecule has 3 aliphatic rings. The van der Waals surface area contributed by atoms with E-state index in [0.717, 1.165) is 12.0 Å². The van der Waals surface area contributed by atoms with Gasteiger partial charge in [0, 0.05) is 6.42 Å². The molecule has 0 aliphatic heterocycles. The van der Waals surface area contributed by atoms with Crippen LogP contribution in [0.3, 0.4) is 0 Å². The van der Waals surface area contributed by atoms with Crippen LogP contribution in [0.15, 0.2) is 12.2 Å². The number of hydrogen-bond donors (Lipinski definition) is 0. The van der Waals surface area contributed by atoms with Crippen molar-refractivity contribution in [2.75, 3.05) is 0 Å². The second-order valence-electron chi connectivity index (χ2n) is 7.05. The highest BCUT2D eigenvalue weighted by molar-refractivity contribution is 5.97. The molecule has 0 N–H and O–H groups in total. The molecule has 88 valence electrons. The molecular formula is C15H22O. The van der Waals surface area contributed by atoms with Crippen LogP contribution in [0.5, 0.6) is 0 Å². The highest BCUT2D eigenvalue weighted by Crippen LogP contribution is 2.76. The maximum Gasteiger partial charge on any atom is 0.159 e. The largest absolute Gasteiger partial charge is 0.295 e. The molecule has 0 aromatic carbocycles. The summed E-state index contributed by atoms with van der Waals surface area (Å²) in [5, 5.41) is 0. The molecule has 3 saturated carbocycles. The van der Waals surface area contributed by atoms with E-state index in [0.29, 0.717) is 22.5 Å². The van der Waals surface area contributed by atoms with Crippen LogP contribution in [0.25, 0.3) is 0 Å². The fourth-order valence-electron chi connectivity index (χ4n) is 5.26. The molecule has 4 atom stereocenters. The minimum atomic E-state index is 0.237. The summed E-state index contributed by atoms with van der Waals surface area (Å²) >= 11 is 0. The van der Waals surface area contributed by atoms with Crippen molar-refractivity contribution < 1.29 is 4.79 Å². The number of allylic oxidation sites excluding steroid dienone is 1. The van der Waals surface area contributed by atoms with Gasteiger partial charge in [-0.2, -0.15) is 0 Å². The number of Topliss-reactive ketones (excluding diaryl/α,β-unsaturated/α-hetero) is 1. The second-order valence-corrected chi connectivity index (χ2v) is 7.05. The van der Waals surface area contributed by atoms with Crippen molar-refractivity contribution >= 4 is 5.78 Å². The molecule has 0 radical (unpaired) electrons. The van der Waals surface area contributed by atoms with Crippen LogP contribution in [0.1, 0.15) is 52.9 Å². The molecule has 2 bridgehead atoms. The molecule has 0 saturated heterocycles. The average molecular weight is 218 g/mol. The predicted molar refractivity (Wildman–Crippen MR) is 65.0 cm³/mol. The zero-order chi connectivity index (χ0) is 11.8. The minimum Gasteiger partial charge on any atom is -0.295 e. The van der Waals surface area contributed by atoms with Crippen molar-refractivity contribution in [3.63, 3.8) is 0 Å². The molecule has 16 heavy (non-hydrogen) atoms. The fraction of sp³-hybridized carbons (Fsp3) is 0.800. The van der Waals surface area contributed by atoms with Crippen LogP contribution in [-0.4, -0.2) is 5.78 Å². The lowest BCUT2D eigenvalue weighted by atomic mass is 9.59. The fourth-order valence-corrected chi connectivity index (χ4v) is 5.26. The number of fused-ring (bicyclic) bond motifs is 5. The molecule has 1 heteroatoms. The third kappa shape index (κ3) is 0.846. The number of carbonyl (C=O) groups excluding carboxylic acids is 1. The Hall–Kier alpha value is -0.590. The van der Waals surface area contributed by atoms with Crippen LogP contribution in [-0.2, 0) is 4.79 Å². The van der Waals surface area contributed by atoms with Gasteiger partial charge in [-0.3, -0.25) is 4.79 Å². The maximum absolute atomic E-state index is 12.1. The zero-order valence-corrected chi connectivity index (χ0v) is 10.7. The summed E-state index contributed by atoms with van der Waals surface area (Å²) in [7, 11) is 0. The Morgan fingerprint density at radius 2 is 1.94 bits per heavy atom. The number of rotatable bonds is 0. The number of carbonyl (C=O) groups is 1. The molecule has 4 unspecified atom stereocenters. The van der Waals surface area contributed by atoms with Gasteiger partial charge in [-0.15, -0.1) is 0 Å². The average Bonchev–Trinajstić information content (AvgIpc) is 2.57. The van der Waals surface area contributed by atoms with Crippen molar-refractivity contribution in [2.45, 2.75) is 52.9 Å². The molecule has 3 aliphatic carbocycles. The predicted octanol–water partition coefficient (Wildman–Crippen LogP) is 3.74. The van der Waals surface area contributed by atoms with E-state index in [1.54, 1.807) is 0 Å².